The van der Waals surface area contributed by atoms with E-state index in [1.165, 1.54) is 5.56 Å². The number of benzene rings is 2. The molecular weight excluding hydrogens is 374 g/mol. The second kappa shape index (κ2) is 7.19. The van der Waals surface area contributed by atoms with E-state index in [1.807, 2.05) is 12.1 Å². The molecule has 4 heteroatoms. The number of nitrogens with zero attached hydrogens (tertiary/aromatic N) is 2. The highest BCUT2D eigenvalue weighted by molar-refractivity contribution is 9.10. The van der Waals surface area contributed by atoms with Crippen LogP contribution in [-0.4, -0.2) is 9.97 Å². The average Bonchev–Trinajstić information content (AvgIpc) is 3.06. The predicted octanol–water partition coefficient (Wildman–Crippen LogP) is 4.91. The fourth-order valence-electron chi connectivity index (χ4n) is 3.02. The molecule has 2 heterocycles. The average molecular weight is 393 g/mol. The van der Waals surface area contributed by atoms with E-state index in [4.69, 9.17) is 4.98 Å². The van der Waals surface area contributed by atoms with Gasteiger partial charge in [-0.1, -0.05) is 58.4 Å². The first kappa shape index (κ1) is 16.0. The molecule has 1 N–H and O–H groups in total. The van der Waals surface area contributed by atoms with Crippen LogP contribution >= 0.6 is 15.9 Å². The Morgan fingerprint density at radius 2 is 1.88 bits per heavy atom. The van der Waals surface area contributed by atoms with Gasteiger partial charge in [-0.05, 0) is 24.1 Å². The lowest BCUT2D eigenvalue weighted by molar-refractivity contribution is -0.696. The van der Waals surface area contributed by atoms with Gasteiger partial charge in [0.25, 0.3) is 0 Å². The largest absolute Gasteiger partial charge is 0.333 e. The van der Waals surface area contributed by atoms with Crippen LogP contribution in [0, 0.1) is 0 Å². The van der Waals surface area contributed by atoms with Crippen LogP contribution in [0.25, 0.3) is 22.4 Å². The number of H-pyrrole nitrogens is 1. The molecule has 0 amide bonds. The van der Waals surface area contributed by atoms with Crippen molar-refractivity contribution in [2.45, 2.75) is 19.4 Å². The number of halogens is 1. The second-order valence-electron chi connectivity index (χ2n) is 6.17. The molecule has 4 rings (SSSR count). The molecule has 0 spiro atoms. The number of aromatic nitrogens is 3. The van der Waals surface area contributed by atoms with Gasteiger partial charge in [0.1, 0.15) is 23.4 Å². The second-order valence-corrected chi connectivity index (χ2v) is 7.08. The third-order valence-electron chi connectivity index (χ3n) is 4.30. The van der Waals surface area contributed by atoms with Gasteiger partial charge >= 0.3 is 0 Å². The topological polar surface area (TPSA) is 32.6 Å². The van der Waals surface area contributed by atoms with Crippen molar-refractivity contribution < 1.29 is 4.57 Å². The number of hydrogen-bond donors (Lipinski definition) is 1. The number of imidazole rings is 1. The van der Waals surface area contributed by atoms with E-state index in [0.29, 0.717) is 0 Å². The zero-order valence-corrected chi connectivity index (χ0v) is 15.4. The van der Waals surface area contributed by atoms with Crippen molar-refractivity contribution >= 4 is 27.0 Å². The van der Waals surface area contributed by atoms with Crippen molar-refractivity contribution in [3.63, 3.8) is 0 Å². The highest BCUT2D eigenvalue weighted by Gasteiger charge is 2.10. The van der Waals surface area contributed by atoms with Crippen molar-refractivity contribution in [2.75, 3.05) is 0 Å². The number of nitrogens with one attached hydrogen (secondary N) is 1. The van der Waals surface area contributed by atoms with E-state index in [9.17, 15) is 0 Å². The molecule has 0 unspecified atom stereocenters. The fourth-order valence-corrected chi connectivity index (χ4v) is 3.42. The number of aromatic amines is 1. The summed E-state index contributed by atoms with van der Waals surface area (Å²) >= 11 is 3.52. The highest BCUT2D eigenvalue weighted by Crippen LogP contribution is 2.22. The van der Waals surface area contributed by atoms with Gasteiger partial charge in [-0.3, -0.25) is 0 Å². The summed E-state index contributed by atoms with van der Waals surface area (Å²) in [6, 6.07) is 20.9. The van der Waals surface area contributed by atoms with E-state index in [2.05, 4.69) is 86.4 Å². The lowest BCUT2D eigenvalue weighted by Crippen LogP contribution is -2.32. The minimum atomic E-state index is 0.901. The molecule has 0 saturated carbocycles. The molecule has 0 radical (unpaired) electrons. The summed E-state index contributed by atoms with van der Waals surface area (Å²) < 4.78 is 3.29. The van der Waals surface area contributed by atoms with Crippen LogP contribution in [0.1, 0.15) is 12.0 Å². The van der Waals surface area contributed by atoms with E-state index < -0.39 is 0 Å². The number of pyridine rings is 1. The quantitative estimate of drug-likeness (QED) is 0.480. The summed E-state index contributed by atoms with van der Waals surface area (Å²) in [5.41, 5.74) is 4.54. The molecule has 0 saturated heterocycles. The molecule has 25 heavy (non-hydrogen) atoms. The van der Waals surface area contributed by atoms with Gasteiger partial charge in [0.05, 0.1) is 0 Å². The normalized spacial score (nSPS) is 11.1. The van der Waals surface area contributed by atoms with Crippen molar-refractivity contribution in [3.8, 4) is 11.4 Å². The molecule has 2 aromatic carbocycles. The Morgan fingerprint density at radius 3 is 2.72 bits per heavy atom. The first-order valence-corrected chi connectivity index (χ1v) is 9.26. The summed E-state index contributed by atoms with van der Waals surface area (Å²) in [4.78, 5) is 8.14. The summed E-state index contributed by atoms with van der Waals surface area (Å²) in [5.74, 6) is 0.901. The Labute approximate surface area is 155 Å². The van der Waals surface area contributed by atoms with Gasteiger partial charge in [0.2, 0.25) is 0 Å². The fraction of sp³-hybridized carbons (Fsp3) is 0.143. The van der Waals surface area contributed by atoms with E-state index in [0.717, 1.165) is 46.3 Å². The summed E-state index contributed by atoms with van der Waals surface area (Å²) in [6.45, 7) is 0.996. The molecule has 0 fully saturated rings. The van der Waals surface area contributed by atoms with Crippen LogP contribution in [0.15, 0.2) is 77.5 Å². The Bertz CT molecular complexity index is 992. The van der Waals surface area contributed by atoms with Gasteiger partial charge in [0, 0.05) is 22.5 Å². The summed E-state index contributed by atoms with van der Waals surface area (Å²) in [5, 5.41) is 0. The lowest BCUT2D eigenvalue weighted by atomic mass is 10.1. The van der Waals surface area contributed by atoms with Crippen molar-refractivity contribution in [1.29, 1.82) is 0 Å². The molecule has 4 aromatic rings. The maximum Gasteiger partial charge on any atom is 0.194 e. The number of fused-ring (bicyclic) bond motifs is 1. The van der Waals surface area contributed by atoms with E-state index in [1.54, 1.807) is 0 Å². The maximum absolute atomic E-state index is 4.70. The Kier molecular flexibility index (Phi) is 4.61. The van der Waals surface area contributed by atoms with Crippen LogP contribution in [0.4, 0.5) is 0 Å². The molecule has 0 atom stereocenters. The van der Waals surface area contributed by atoms with Crippen molar-refractivity contribution in [1.82, 2.24) is 9.97 Å². The SMILES string of the molecule is Brc1cccc(-c2nc3cc[n+](CCCc4ccccc4)cc3[nH]2)c1. The molecule has 3 nitrogen and oxygen atoms in total. The monoisotopic (exact) mass is 392 g/mol. The molecule has 0 aliphatic carbocycles. The standard InChI is InChI=1S/C21H18BrN3/c22-18-10-4-9-17(14-18)21-23-19-11-13-25(15-20(19)24-21)12-5-8-16-6-2-1-3-7-16/h1-4,6-7,9-11,13-15H,5,8,12H2/p+1. The third kappa shape index (κ3) is 3.80. The maximum atomic E-state index is 4.70. The Morgan fingerprint density at radius 1 is 1.00 bits per heavy atom. The van der Waals surface area contributed by atoms with Crippen molar-refractivity contribution in [2.24, 2.45) is 0 Å². The zero-order valence-electron chi connectivity index (χ0n) is 13.8. The molecule has 124 valence electrons. The molecule has 0 aliphatic heterocycles. The summed E-state index contributed by atoms with van der Waals surface area (Å²) in [6.07, 6.45) is 6.47. The van der Waals surface area contributed by atoms with E-state index in [-0.39, 0.29) is 0 Å². The summed E-state index contributed by atoms with van der Waals surface area (Å²) in [7, 11) is 0. The number of aryl methyl sites for hydroxylation is 2. The van der Waals surface area contributed by atoms with Gasteiger partial charge in [0.15, 0.2) is 12.4 Å². The minimum absolute atomic E-state index is 0.901. The van der Waals surface area contributed by atoms with Crippen LogP contribution in [0.5, 0.6) is 0 Å². The Balaban J connectivity index is 1.50. The van der Waals surface area contributed by atoms with Crippen LogP contribution < -0.4 is 4.57 Å². The predicted molar refractivity (Wildman–Crippen MR) is 104 cm³/mol. The van der Waals surface area contributed by atoms with Gasteiger partial charge in [-0.25, -0.2) is 9.55 Å². The minimum Gasteiger partial charge on any atom is -0.333 e. The molecular formula is C21H19BrN3+. The van der Waals surface area contributed by atoms with Gasteiger partial charge in [-0.2, -0.15) is 0 Å². The first-order chi connectivity index (χ1) is 12.3. The van der Waals surface area contributed by atoms with Crippen molar-refractivity contribution in [3.05, 3.63) is 83.1 Å². The molecule has 0 bridgehead atoms. The molecule has 0 aliphatic rings. The van der Waals surface area contributed by atoms with Crippen LogP contribution in [0.3, 0.4) is 0 Å². The Hall–Kier alpha value is -2.46. The van der Waals surface area contributed by atoms with Gasteiger partial charge in [-0.15, -0.1) is 0 Å². The smallest absolute Gasteiger partial charge is 0.194 e. The molecule has 2 aromatic heterocycles. The van der Waals surface area contributed by atoms with Crippen LogP contribution in [0.2, 0.25) is 0 Å². The highest BCUT2D eigenvalue weighted by atomic mass is 79.9. The van der Waals surface area contributed by atoms with Crippen LogP contribution in [-0.2, 0) is 13.0 Å². The first-order valence-electron chi connectivity index (χ1n) is 8.47. The van der Waals surface area contributed by atoms with E-state index >= 15 is 0 Å². The van der Waals surface area contributed by atoms with Gasteiger partial charge < -0.3 is 4.98 Å². The third-order valence-corrected chi connectivity index (χ3v) is 4.80. The number of rotatable bonds is 5. The number of hydrogen-bond acceptors (Lipinski definition) is 1. The lowest BCUT2D eigenvalue weighted by Gasteiger charge is -1.99. The zero-order chi connectivity index (χ0) is 17.1.